The highest BCUT2D eigenvalue weighted by atomic mass is 32.2. The van der Waals surface area contributed by atoms with Crippen LogP contribution in [-0.4, -0.2) is 32.5 Å². The van der Waals surface area contributed by atoms with Gasteiger partial charge in [0.25, 0.3) is 15.9 Å². The van der Waals surface area contributed by atoms with Gasteiger partial charge in [-0.1, -0.05) is 24.6 Å². The summed E-state index contributed by atoms with van der Waals surface area (Å²) >= 11 is 1.20. The normalized spacial score (nSPS) is 13.7. The summed E-state index contributed by atoms with van der Waals surface area (Å²) in [6.07, 6.45) is 0.830. The molecule has 7 nitrogen and oxygen atoms in total. The molecule has 0 fully saturated rings. The van der Waals surface area contributed by atoms with Gasteiger partial charge in [-0.05, 0) is 43.7 Å². The van der Waals surface area contributed by atoms with Gasteiger partial charge in [-0.25, -0.2) is 13.4 Å². The van der Waals surface area contributed by atoms with Crippen molar-refractivity contribution in [2.24, 2.45) is 0 Å². The third kappa shape index (κ3) is 4.03. The molecule has 30 heavy (non-hydrogen) atoms. The van der Waals surface area contributed by atoms with Crippen LogP contribution in [0.15, 0.2) is 52.7 Å². The fourth-order valence-corrected chi connectivity index (χ4v) is 5.15. The van der Waals surface area contributed by atoms with Gasteiger partial charge in [0, 0.05) is 17.5 Å². The largest absolute Gasteiger partial charge is 0.482 e. The van der Waals surface area contributed by atoms with Crippen LogP contribution in [0, 0.1) is 6.92 Å². The van der Waals surface area contributed by atoms with Crippen LogP contribution in [0.1, 0.15) is 18.9 Å². The van der Waals surface area contributed by atoms with E-state index in [1.807, 2.05) is 32.0 Å². The van der Waals surface area contributed by atoms with Crippen LogP contribution in [0.4, 0.5) is 10.8 Å². The van der Waals surface area contributed by atoms with Crippen LogP contribution < -0.4 is 14.4 Å². The van der Waals surface area contributed by atoms with Gasteiger partial charge in [0.15, 0.2) is 11.7 Å². The first kappa shape index (κ1) is 20.4. The molecule has 2 aromatic carbocycles. The number of benzene rings is 2. The molecule has 1 N–H and O–H groups in total. The van der Waals surface area contributed by atoms with Gasteiger partial charge in [0.05, 0.1) is 16.3 Å². The summed E-state index contributed by atoms with van der Waals surface area (Å²) in [4.78, 5) is 18.6. The van der Waals surface area contributed by atoms with Crippen molar-refractivity contribution in [2.75, 3.05) is 22.8 Å². The number of sulfonamides is 1. The smallest absolute Gasteiger partial charge is 0.265 e. The van der Waals surface area contributed by atoms with Crippen LogP contribution in [0.5, 0.6) is 5.75 Å². The summed E-state index contributed by atoms with van der Waals surface area (Å²) in [7, 11) is -3.71. The first-order valence-electron chi connectivity index (χ1n) is 9.50. The molecule has 0 bridgehead atoms. The number of thiazole rings is 1. The second-order valence-electron chi connectivity index (χ2n) is 6.97. The zero-order chi connectivity index (χ0) is 21.3. The van der Waals surface area contributed by atoms with E-state index in [1.165, 1.54) is 11.3 Å². The Kier molecular flexibility index (Phi) is 5.48. The number of aromatic nitrogens is 1. The Morgan fingerprint density at radius 3 is 2.70 bits per heavy atom. The molecule has 0 saturated carbocycles. The average molecular weight is 444 g/mol. The number of carbonyl (C=O) groups excluding carboxylic acids is 1. The second kappa shape index (κ2) is 8.08. The molecule has 0 unspecified atom stereocenters. The lowest BCUT2D eigenvalue weighted by molar-refractivity contribution is -0.121. The number of nitrogens with zero attached hydrogens (tertiary/aromatic N) is 2. The zero-order valence-corrected chi connectivity index (χ0v) is 18.2. The molecule has 0 atom stereocenters. The number of hydrogen-bond donors (Lipinski definition) is 1. The molecule has 156 valence electrons. The molecule has 9 heteroatoms. The Morgan fingerprint density at radius 1 is 1.20 bits per heavy atom. The van der Waals surface area contributed by atoms with E-state index in [-0.39, 0.29) is 22.5 Å². The summed E-state index contributed by atoms with van der Waals surface area (Å²) in [6.45, 7) is 4.56. The standard InChI is InChI=1S/C21H21N3O4S2/c1-3-10-24-18-11-15(6-9-19(18)28-12-20(24)25)17-13-29-21(22-17)23-30(26,27)16-7-4-14(2)5-8-16/h4-9,11,13H,3,10,12H2,1-2H3,(H,22,23). The fraction of sp³-hybridized carbons (Fsp3) is 0.238. The predicted octanol–water partition coefficient (Wildman–Crippen LogP) is 4.05. The molecule has 4 rings (SSSR count). The molecule has 2 heterocycles. The van der Waals surface area contributed by atoms with Crippen LogP contribution in [0.2, 0.25) is 0 Å². The molecule has 1 aliphatic rings. The minimum atomic E-state index is -3.71. The molecular weight excluding hydrogens is 422 g/mol. The highest BCUT2D eigenvalue weighted by Crippen LogP contribution is 2.37. The average Bonchev–Trinajstić information content (AvgIpc) is 3.18. The monoisotopic (exact) mass is 443 g/mol. The van der Waals surface area contributed by atoms with Crippen molar-refractivity contribution in [2.45, 2.75) is 25.2 Å². The molecule has 0 spiro atoms. The lowest BCUT2D eigenvalue weighted by Crippen LogP contribution is -2.39. The number of aryl methyl sites for hydroxylation is 1. The quantitative estimate of drug-likeness (QED) is 0.621. The molecule has 0 aliphatic carbocycles. The minimum absolute atomic E-state index is 0.0357. The van der Waals surface area contributed by atoms with Gasteiger partial charge < -0.3 is 9.64 Å². The Hall–Kier alpha value is -2.91. The summed E-state index contributed by atoms with van der Waals surface area (Å²) < 4.78 is 33.3. The van der Waals surface area contributed by atoms with E-state index in [0.29, 0.717) is 23.7 Å². The van der Waals surface area contributed by atoms with E-state index < -0.39 is 10.0 Å². The maximum atomic E-state index is 12.6. The fourth-order valence-electron chi connectivity index (χ4n) is 3.17. The van der Waals surface area contributed by atoms with E-state index in [9.17, 15) is 13.2 Å². The highest BCUT2D eigenvalue weighted by molar-refractivity contribution is 7.93. The Balaban J connectivity index is 1.60. The first-order chi connectivity index (χ1) is 14.4. The maximum absolute atomic E-state index is 12.6. The van der Waals surface area contributed by atoms with Crippen molar-refractivity contribution >= 4 is 38.1 Å². The van der Waals surface area contributed by atoms with Crippen LogP contribution in [-0.2, 0) is 14.8 Å². The summed E-state index contributed by atoms with van der Waals surface area (Å²) in [5.74, 6) is 0.577. The second-order valence-corrected chi connectivity index (χ2v) is 9.51. The molecule has 1 amide bonds. The molecule has 0 radical (unpaired) electrons. The number of fused-ring (bicyclic) bond motifs is 1. The predicted molar refractivity (Wildman–Crippen MR) is 118 cm³/mol. The lowest BCUT2D eigenvalue weighted by Gasteiger charge is -2.29. The number of hydrogen-bond acceptors (Lipinski definition) is 6. The van der Waals surface area contributed by atoms with E-state index >= 15 is 0 Å². The molecule has 3 aromatic rings. The van der Waals surface area contributed by atoms with E-state index in [4.69, 9.17) is 4.74 Å². The minimum Gasteiger partial charge on any atom is -0.482 e. The summed E-state index contributed by atoms with van der Waals surface area (Å²) in [5, 5.41) is 2.06. The summed E-state index contributed by atoms with van der Waals surface area (Å²) in [5.41, 5.74) is 3.10. The molecule has 1 aromatic heterocycles. The number of ether oxygens (including phenoxy) is 1. The van der Waals surface area contributed by atoms with Gasteiger partial charge >= 0.3 is 0 Å². The third-order valence-corrected chi connectivity index (χ3v) is 6.94. The number of anilines is 2. The van der Waals surface area contributed by atoms with Gasteiger partial charge in [-0.15, -0.1) is 11.3 Å². The Morgan fingerprint density at radius 2 is 1.97 bits per heavy atom. The van der Waals surface area contributed by atoms with E-state index in [1.54, 1.807) is 34.5 Å². The van der Waals surface area contributed by atoms with Crippen molar-refractivity contribution in [3.63, 3.8) is 0 Å². The highest BCUT2D eigenvalue weighted by Gasteiger charge is 2.25. The number of rotatable bonds is 6. The lowest BCUT2D eigenvalue weighted by atomic mass is 10.1. The molecular formula is C21H21N3O4S2. The van der Waals surface area contributed by atoms with Gasteiger partial charge in [0.2, 0.25) is 0 Å². The number of carbonyl (C=O) groups is 1. The Bertz CT molecular complexity index is 1190. The Labute approximate surface area is 179 Å². The van der Waals surface area contributed by atoms with Crippen molar-refractivity contribution in [1.29, 1.82) is 0 Å². The first-order valence-corrected chi connectivity index (χ1v) is 11.9. The van der Waals surface area contributed by atoms with E-state index in [0.717, 1.165) is 17.5 Å². The molecule has 1 aliphatic heterocycles. The van der Waals surface area contributed by atoms with Gasteiger partial charge in [0.1, 0.15) is 5.75 Å². The number of nitrogens with one attached hydrogen (secondary N) is 1. The SMILES string of the molecule is CCCN1C(=O)COc2ccc(-c3csc(NS(=O)(=O)c4ccc(C)cc4)n3)cc21. The number of amides is 1. The topological polar surface area (TPSA) is 88.6 Å². The van der Waals surface area contributed by atoms with Crippen molar-refractivity contribution < 1.29 is 17.9 Å². The van der Waals surface area contributed by atoms with Gasteiger partial charge in [-0.3, -0.25) is 9.52 Å². The zero-order valence-electron chi connectivity index (χ0n) is 16.6. The van der Waals surface area contributed by atoms with E-state index in [2.05, 4.69) is 9.71 Å². The maximum Gasteiger partial charge on any atom is 0.265 e. The van der Waals surface area contributed by atoms with Gasteiger partial charge in [-0.2, -0.15) is 0 Å². The molecule has 0 saturated heterocycles. The van der Waals surface area contributed by atoms with Crippen LogP contribution >= 0.6 is 11.3 Å². The van der Waals surface area contributed by atoms with Crippen molar-refractivity contribution in [1.82, 2.24) is 4.98 Å². The third-order valence-electron chi connectivity index (χ3n) is 4.70. The van der Waals surface area contributed by atoms with Crippen LogP contribution in [0.25, 0.3) is 11.3 Å². The van der Waals surface area contributed by atoms with Crippen LogP contribution in [0.3, 0.4) is 0 Å². The summed E-state index contributed by atoms with van der Waals surface area (Å²) in [6, 6.07) is 12.2. The van der Waals surface area contributed by atoms with Crippen molar-refractivity contribution in [3.8, 4) is 17.0 Å². The van der Waals surface area contributed by atoms with Crippen molar-refractivity contribution in [3.05, 3.63) is 53.4 Å².